The van der Waals surface area contributed by atoms with E-state index in [1.54, 1.807) is 0 Å². The minimum absolute atomic E-state index is 0.0939. The second-order valence-corrected chi connectivity index (χ2v) is 5.77. The molecule has 2 aliphatic carbocycles. The molecule has 0 heterocycles. The Morgan fingerprint density at radius 2 is 2.00 bits per heavy atom. The Morgan fingerprint density at radius 3 is 2.65 bits per heavy atom. The van der Waals surface area contributed by atoms with Crippen molar-refractivity contribution in [1.82, 2.24) is 0 Å². The largest absolute Gasteiger partial charge is 0.478 e. The van der Waals surface area contributed by atoms with Crippen molar-refractivity contribution in [3.05, 3.63) is 23.8 Å². The van der Waals surface area contributed by atoms with Gasteiger partial charge in [-0.2, -0.15) is 0 Å². The number of hydrogen-bond acceptors (Lipinski definition) is 1. The van der Waals surface area contributed by atoms with Crippen LogP contribution in [0.4, 0.5) is 0 Å². The van der Waals surface area contributed by atoms with E-state index in [9.17, 15) is 4.79 Å². The normalized spacial score (nSPS) is 36.9. The fourth-order valence-electron chi connectivity index (χ4n) is 3.45. The maximum Gasteiger partial charge on any atom is 0.331 e. The molecule has 1 fully saturated rings. The topological polar surface area (TPSA) is 37.3 Å². The van der Waals surface area contributed by atoms with Gasteiger partial charge in [-0.3, -0.25) is 0 Å². The Kier molecular flexibility index (Phi) is 3.41. The van der Waals surface area contributed by atoms with Gasteiger partial charge in [-0.25, -0.2) is 4.79 Å². The highest BCUT2D eigenvalue weighted by Gasteiger charge is 2.37. The molecule has 2 aliphatic rings. The molecule has 17 heavy (non-hydrogen) atoms. The molecule has 0 amide bonds. The lowest BCUT2D eigenvalue weighted by Gasteiger charge is -2.41. The molecule has 0 aliphatic heterocycles. The number of aliphatic carboxylic acids is 1. The monoisotopic (exact) mass is 234 g/mol. The number of allylic oxidation sites excluding steroid dienone is 2. The first kappa shape index (κ1) is 12.4. The lowest BCUT2D eigenvalue weighted by molar-refractivity contribution is -0.133. The number of carboxylic acids is 1. The quantitative estimate of drug-likeness (QED) is 0.585. The van der Waals surface area contributed by atoms with Crippen molar-refractivity contribution in [2.24, 2.45) is 23.7 Å². The van der Waals surface area contributed by atoms with Crippen LogP contribution in [-0.4, -0.2) is 11.1 Å². The molecule has 0 radical (unpaired) electrons. The molecule has 0 saturated heterocycles. The van der Waals surface area contributed by atoms with Gasteiger partial charge in [-0.05, 0) is 43.4 Å². The standard InChI is InChI=1S/C15H22O2/c1-9-4-6-12-10(2)5-7-13(14(12)8-9)11(3)15(16)17/h8-10,12-13H,3-7H2,1-2H3,(H,16,17). The van der Waals surface area contributed by atoms with E-state index in [1.807, 2.05) is 0 Å². The molecule has 1 N–H and O–H groups in total. The summed E-state index contributed by atoms with van der Waals surface area (Å²) < 4.78 is 0. The van der Waals surface area contributed by atoms with Crippen LogP contribution in [0.2, 0.25) is 0 Å². The zero-order valence-corrected chi connectivity index (χ0v) is 10.8. The summed E-state index contributed by atoms with van der Waals surface area (Å²) >= 11 is 0. The van der Waals surface area contributed by atoms with Crippen molar-refractivity contribution in [3.63, 3.8) is 0 Å². The van der Waals surface area contributed by atoms with E-state index in [0.717, 1.165) is 12.8 Å². The molecule has 1 saturated carbocycles. The molecular weight excluding hydrogens is 212 g/mol. The first-order valence-corrected chi connectivity index (χ1v) is 6.64. The predicted molar refractivity (Wildman–Crippen MR) is 68.6 cm³/mol. The molecule has 2 rings (SSSR count). The summed E-state index contributed by atoms with van der Waals surface area (Å²) in [6.45, 7) is 8.30. The summed E-state index contributed by atoms with van der Waals surface area (Å²) in [6, 6.07) is 0. The van der Waals surface area contributed by atoms with Crippen molar-refractivity contribution < 1.29 is 9.90 Å². The summed E-state index contributed by atoms with van der Waals surface area (Å²) in [7, 11) is 0. The molecule has 94 valence electrons. The Labute approximate surface area is 103 Å². The average Bonchev–Trinajstić information content (AvgIpc) is 2.28. The minimum atomic E-state index is -0.831. The van der Waals surface area contributed by atoms with Crippen molar-refractivity contribution in [1.29, 1.82) is 0 Å². The van der Waals surface area contributed by atoms with Gasteiger partial charge in [-0.15, -0.1) is 0 Å². The number of carbonyl (C=O) groups is 1. The SMILES string of the molecule is C=C(C(=O)O)C1CCC(C)C2CCC(C)C=C12. The lowest BCUT2D eigenvalue weighted by Crippen LogP contribution is -2.31. The van der Waals surface area contributed by atoms with E-state index in [-0.39, 0.29) is 5.92 Å². The highest BCUT2D eigenvalue weighted by atomic mass is 16.4. The molecule has 0 bridgehead atoms. The molecule has 0 aromatic carbocycles. The maximum atomic E-state index is 11.1. The van der Waals surface area contributed by atoms with Crippen LogP contribution in [0.5, 0.6) is 0 Å². The van der Waals surface area contributed by atoms with Gasteiger partial charge in [0.25, 0.3) is 0 Å². The molecule has 0 spiro atoms. The van der Waals surface area contributed by atoms with Crippen molar-refractivity contribution in [2.75, 3.05) is 0 Å². The Hall–Kier alpha value is -1.05. The Balaban J connectivity index is 2.29. The van der Waals surface area contributed by atoms with E-state index in [0.29, 0.717) is 23.3 Å². The fourth-order valence-corrected chi connectivity index (χ4v) is 3.45. The third-order valence-corrected chi connectivity index (χ3v) is 4.53. The van der Waals surface area contributed by atoms with Crippen molar-refractivity contribution in [3.8, 4) is 0 Å². The molecule has 2 heteroatoms. The van der Waals surface area contributed by atoms with Gasteiger partial charge in [0.15, 0.2) is 0 Å². The van der Waals surface area contributed by atoms with Gasteiger partial charge in [0.2, 0.25) is 0 Å². The van der Waals surface area contributed by atoms with Gasteiger partial charge in [-0.1, -0.05) is 32.1 Å². The van der Waals surface area contributed by atoms with E-state index < -0.39 is 5.97 Å². The zero-order valence-electron chi connectivity index (χ0n) is 10.8. The molecular formula is C15H22O2. The predicted octanol–water partition coefficient (Wildman–Crippen LogP) is 3.65. The zero-order chi connectivity index (χ0) is 12.6. The van der Waals surface area contributed by atoms with Gasteiger partial charge < -0.3 is 5.11 Å². The molecule has 4 unspecified atom stereocenters. The summed E-state index contributed by atoms with van der Waals surface area (Å²) in [5, 5.41) is 9.13. The fraction of sp³-hybridized carbons (Fsp3) is 0.667. The molecule has 2 nitrogen and oxygen atoms in total. The number of hydrogen-bond donors (Lipinski definition) is 1. The second-order valence-electron chi connectivity index (χ2n) is 5.77. The molecule has 0 aromatic heterocycles. The van der Waals surface area contributed by atoms with Crippen molar-refractivity contribution in [2.45, 2.75) is 39.5 Å². The smallest absolute Gasteiger partial charge is 0.331 e. The summed E-state index contributed by atoms with van der Waals surface area (Å²) in [5.41, 5.74) is 1.76. The average molecular weight is 234 g/mol. The van der Waals surface area contributed by atoms with Crippen LogP contribution in [-0.2, 0) is 4.79 Å². The first-order chi connectivity index (χ1) is 8.00. The van der Waals surface area contributed by atoms with Crippen LogP contribution in [0.1, 0.15) is 39.5 Å². The number of carboxylic acid groups (broad SMARTS) is 1. The summed E-state index contributed by atoms with van der Waals surface area (Å²) in [6.07, 6.45) is 6.87. The van der Waals surface area contributed by atoms with Gasteiger partial charge in [0.1, 0.15) is 0 Å². The Bertz CT molecular complexity index is 367. The van der Waals surface area contributed by atoms with E-state index in [1.165, 1.54) is 18.4 Å². The van der Waals surface area contributed by atoms with Crippen LogP contribution >= 0.6 is 0 Å². The van der Waals surface area contributed by atoms with Crippen LogP contribution in [0.15, 0.2) is 23.8 Å². The first-order valence-electron chi connectivity index (χ1n) is 6.64. The number of fused-ring (bicyclic) bond motifs is 1. The van der Waals surface area contributed by atoms with Gasteiger partial charge >= 0.3 is 5.97 Å². The Morgan fingerprint density at radius 1 is 1.29 bits per heavy atom. The summed E-state index contributed by atoms with van der Waals surface area (Å²) in [4.78, 5) is 11.1. The lowest BCUT2D eigenvalue weighted by atomic mass is 9.64. The van der Waals surface area contributed by atoms with Crippen molar-refractivity contribution >= 4 is 5.97 Å². The summed E-state index contributed by atoms with van der Waals surface area (Å²) in [5.74, 6) is 1.15. The maximum absolute atomic E-state index is 11.1. The van der Waals surface area contributed by atoms with Gasteiger partial charge in [0.05, 0.1) is 0 Å². The van der Waals surface area contributed by atoms with Crippen LogP contribution in [0.25, 0.3) is 0 Å². The van der Waals surface area contributed by atoms with E-state index in [2.05, 4.69) is 26.5 Å². The van der Waals surface area contributed by atoms with Crippen LogP contribution < -0.4 is 0 Å². The highest BCUT2D eigenvalue weighted by molar-refractivity contribution is 5.87. The second kappa shape index (κ2) is 4.67. The van der Waals surface area contributed by atoms with Crippen LogP contribution in [0.3, 0.4) is 0 Å². The van der Waals surface area contributed by atoms with E-state index in [4.69, 9.17) is 5.11 Å². The molecule has 4 atom stereocenters. The highest BCUT2D eigenvalue weighted by Crippen LogP contribution is 2.46. The number of rotatable bonds is 2. The minimum Gasteiger partial charge on any atom is -0.478 e. The third kappa shape index (κ3) is 2.31. The van der Waals surface area contributed by atoms with Gasteiger partial charge in [0, 0.05) is 11.5 Å². The third-order valence-electron chi connectivity index (χ3n) is 4.53. The van der Waals surface area contributed by atoms with Crippen LogP contribution in [0, 0.1) is 23.7 Å². The van der Waals surface area contributed by atoms with E-state index >= 15 is 0 Å². The molecule has 0 aromatic rings.